The number of nitrogens with one attached hydrogen (secondary N) is 2. The summed E-state index contributed by atoms with van der Waals surface area (Å²) in [6, 6.07) is 6.16. The van der Waals surface area contributed by atoms with Crippen LogP contribution in [0.4, 0.5) is 16.2 Å². The molecule has 0 unspecified atom stereocenters. The Labute approximate surface area is 127 Å². The second-order valence-electron chi connectivity index (χ2n) is 5.48. The summed E-state index contributed by atoms with van der Waals surface area (Å²) in [7, 11) is 3.69. The zero-order valence-electron chi connectivity index (χ0n) is 13.2. The molecule has 2 N–H and O–H groups in total. The zero-order valence-corrected chi connectivity index (χ0v) is 13.2. The van der Waals surface area contributed by atoms with Crippen molar-refractivity contribution in [3.05, 3.63) is 29.8 Å². The van der Waals surface area contributed by atoms with Crippen LogP contribution in [-0.4, -0.2) is 31.6 Å². The van der Waals surface area contributed by atoms with Gasteiger partial charge >= 0.3 is 6.03 Å². The van der Waals surface area contributed by atoms with Gasteiger partial charge < -0.3 is 15.5 Å². The lowest BCUT2D eigenvalue weighted by molar-refractivity contribution is 0.222. The molecule has 1 aromatic carbocycles. The van der Waals surface area contributed by atoms with Gasteiger partial charge in [0.05, 0.1) is 11.4 Å². The van der Waals surface area contributed by atoms with E-state index < -0.39 is 0 Å². The number of rotatable bonds is 5. The van der Waals surface area contributed by atoms with Crippen molar-refractivity contribution >= 4 is 23.0 Å². The van der Waals surface area contributed by atoms with E-state index in [0.717, 1.165) is 37.2 Å². The molecule has 2 amide bonds. The van der Waals surface area contributed by atoms with Crippen molar-refractivity contribution in [3.8, 4) is 0 Å². The molecule has 0 aromatic heterocycles. The van der Waals surface area contributed by atoms with Gasteiger partial charge in [-0.2, -0.15) is 0 Å². The Morgan fingerprint density at radius 1 is 1.33 bits per heavy atom. The van der Waals surface area contributed by atoms with Crippen LogP contribution in [0.3, 0.4) is 0 Å². The summed E-state index contributed by atoms with van der Waals surface area (Å²) in [5.74, 6) is 0. The fourth-order valence-electron chi connectivity index (χ4n) is 2.65. The van der Waals surface area contributed by atoms with Gasteiger partial charge in [-0.25, -0.2) is 4.79 Å². The van der Waals surface area contributed by atoms with Crippen LogP contribution in [0.1, 0.15) is 38.2 Å². The Balaban J connectivity index is 2.19. The number of hydrogen-bond donors (Lipinski definition) is 2. The van der Waals surface area contributed by atoms with E-state index in [4.69, 9.17) is 0 Å². The number of nitrogens with zero attached hydrogens (tertiary/aromatic N) is 1. The number of hydrogen-bond acceptors (Lipinski definition) is 2. The largest absolute Gasteiger partial charge is 0.386 e. The van der Waals surface area contributed by atoms with E-state index in [1.165, 1.54) is 17.6 Å². The SMILES string of the molecule is CCCN(C)C(=O)Nc1cc(C2=CCCC2)ccc1NC. The highest BCUT2D eigenvalue weighted by atomic mass is 16.2. The monoisotopic (exact) mass is 287 g/mol. The normalized spacial score (nSPS) is 13.8. The number of carbonyl (C=O) groups excluding carboxylic acids is 1. The Morgan fingerprint density at radius 3 is 2.76 bits per heavy atom. The molecule has 0 heterocycles. The summed E-state index contributed by atoms with van der Waals surface area (Å²) in [5, 5.41) is 6.14. The van der Waals surface area contributed by atoms with Crippen LogP contribution in [0.5, 0.6) is 0 Å². The minimum Gasteiger partial charge on any atom is -0.386 e. The second-order valence-corrected chi connectivity index (χ2v) is 5.48. The highest BCUT2D eigenvalue weighted by molar-refractivity contribution is 5.94. The molecule has 0 radical (unpaired) electrons. The van der Waals surface area contributed by atoms with E-state index in [1.807, 2.05) is 20.2 Å². The zero-order chi connectivity index (χ0) is 15.2. The molecule has 4 nitrogen and oxygen atoms in total. The van der Waals surface area contributed by atoms with Crippen molar-refractivity contribution in [1.29, 1.82) is 0 Å². The molecule has 1 aliphatic rings. The molecule has 4 heteroatoms. The molecule has 2 rings (SSSR count). The smallest absolute Gasteiger partial charge is 0.321 e. The van der Waals surface area contributed by atoms with E-state index >= 15 is 0 Å². The van der Waals surface area contributed by atoms with Gasteiger partial charge in [0.15, 0.2) is 0 Å². The summed E-state index contributed by atoms with van der Waals surface area (Å²) < 4.78 is 0. The molecule has 21 heavy (non-hydrogen) atoms. The van der Waals surface area contributed by atoms with Crippen molar-refractivity contribution in [1.82, 2.24) is 4.90 Å². The van der Waals surface area contributed by atoms with Gasteiger partial charge in [0, 0.05) is 20.6 Å². The molecule has 0 saturated carbocycles. The Kier molecular flexibility index (Phi) is 5.26. The van der Waals surface area contributed by atoms with Crippen molar-refractivity contribution in [2.75, 3.05) is 31.3 Å². The first-order valence-electron chi connectivity index (χ1n) is 7.69. The maximum Gasteiger partial charge on any atom is 0.321 e. The average Bonchev–Trinajstić information content (AvgIpc) is 3.01. The molecule has 0 fully saturated rings. The topological polar surface area (TPSA) is 44.4 Å². The summed E-state index contributed by atoms with van der Waals surface area (Å²) >= 11 is 0. The minimum absolute atomic E-state index is 0.0640. The van der Waals surface area contributed by atoms with Gasteiger partial charge in [-0.3, -0.25) is 0 Å². The van der Waals surface area contributed by atoms with Crippen LogP contribution in [0.25, 0.3) is 5.57 Å². The third-order valence-electron chi connectivity index (χ3n) is 3.85. The Morgan fingerprint density at radius 2 is 2.14 bits per heavy atom. The summed E-state index contributed by atoms with van der Waals surface area (Å²) in [4.78, 5) is 13.9. The molecule has 0 atom stereocenters. The fourth-order valence-corrected chi connectivity index (χ4v) is 2.65. The van der Waals surface area contributed by atoms with E-state index in [1.54, 1.807) is 4.90 Å². The van der Waals surface area contributed by atoms with Crippen LogP contribution in [0.2, 0.25) is 0 Å². The Hall–Kier alpha value is -1.97. The van der Waals surface area contributed by atoms with Crippen LogP contribution < -0.4 is 10.6 Å². The molecule has 1 aromatic rings. The van der Waals surface area contributed by atoms with Crippen molar-refractivity contribution in [2.45, 2.75) is 32.6 Å². The third-order valence-corrected chi connectivity index (χ3v) is 3.85. The van der Waals surface area contributed by atoms with Crippen LogP contribution in [0.15, 0.2) is 24.3 Å². The van der Waals surface area contributed by atoms with Crippen molar-refractivity contribution in [2.24, 2.45) is 0 Å². The lowest BCUT2D eigenvalue weighted by Gasteiger charge is -2.19. The predicted octanol–water partition coefficient (Wildman–Crippen LogP) is 4.17. The molecular formula is C17H25N3O. The van der Waals surface area contributed by atoms with Crippen molar-refractivity contribution in [3.63, 3.8) is 0 Å². The van der Waals surface area contributed by atoms with E-state index in [2.05, 4.69) is 35.8 Å². The number of carbonyl (C=O) groups is 1. The van der Waals surface area contributed by atoms with Crippen LogP contribution in [0, 0.1) is 0 Å². The van der Waals surface area contributed by atoms with E-state index in [0.29, 0.717) is 0 Å². The Bertz CT molecular complexity index is 537. The standard InChI is InChI=1S/C17H25N3O/c1-4-11-20(3)17(21)19-16-12-14(9-10-15(16)18-2)13-7-5-6-8-13/h7,9-10,12,18H,4-6,8,11H2,1-3H3,(H,19,21). The summed E-state index contributed by atoms with van der Waals surface area (Å²) in [5.41, 5.74) is 4.38. The maximum absolute atomic E-state index is 12.2. The van der Waals surface area contributed by atoms with Crippen LogP contribution in [-0.2, 0) is 0 Å². The van der Waals surface area contributed by atoms with E-state index in [9.17, 15) is 4.79 Å². The summed E-state index contributed by atoms with van der Waals surface area (Å²) in [6.07, 6.45) is 6.76. The van der Waals surface area contributed by atoms with Gasteiger partial charge in [-0.1, -0.05) is 19.1 Å². The quantitative estimate of drug-likeness (QED) is 0.853. The highest BCUT2D eigenvalue weighted by Crippen LogP contribution is 2.32. The van der Waals surface area contributed by atoms with Crippen molar-refractivity contribution < 1.29 is 4.79 Å². The molecule has 114 valence electrons. The lowest BCUT2D eigenvalue weighted by Crippen LogP contribution is -2.32. The summed E-state index contributed by atoms with van der Waals surface area (Å²) in [6.45, 7) is 2.82. The minimum atomic E-state index is -0.0640. The fraction of sp³-hybridized carbons (Fsp3) is 0.471. The van der Waals surface area contributed by atoms with Crippen LogP contribution >= 0.6 is 0 Å². The number of amides is 2. The third kappa shape index (κ3) is 3.78. The number of benzene rings is 1. The number of anilines is 2. The lowest BCUT2D eigenvalue weighted by atomic mass is 10.0. The second kappa shape index (κ2) is 7.16. The molecule has 1 aliphatic carbocycles. The highest BCUT2D eigenvalue weighted by Gasteiger charge is 2.13. The first-order chi connectivity index (χ1) is 10.2. The van der Waals surface area contributed by atoms with Gasteiger partial charge in [-0.15, -0.1) is 0 Å². The molecule has 0 aliphatic heterocycles. The first-order valence-corrected chi connectivity index (χ1v) is 7.69. The van der Waals surface area contributed by atoms with Gasteiger partial charge in [-0.05, 0) is 49.0 Å². The average molecular weight is 287 g/mol. The van der Waals surface area contributed by atoms with E-state index in [-0.39, 0.29) is 6.03 Å². The van der Waals surface area contributed by atoms with Gasteiger partial charge in [0.1, 0.15) is 0 Å². The van der Waals surface area contributed by atoms with Gasteiger partial charge in [0.25, 0.3) is 0 Å². The number of allylic oxidation sites excluding steroid dienone is 2. The van der Waals surface area contributed by atoms with Gasteiger partial charge in [0.2, 0.25) is 0 Å². The molecular weight excluding hydrogens is 262 g/mol. The number of urea groups is 1. The predicted molar refractivity (Wildman–Crippen MR) is 89.8 cm³/mol. The first kappa shape index (κ1) is 15.4. The molecule has 0 saturated heterocycles. The maximum atomic E-state index is 12.2. The molecule has 0 spiro atoms. The molecule has 0 bridgehead atoms.